The van der Waals surface area contributed by atoms with Gasteiger partial charge in [-0.3, -0.25) is 0 Å². The fourth-order valence-corrected chi connectivity index (χ4v) is 3.44. The second-order valence-electron chi connectivity index (χ2n) is 5.71. The Balaban J connectivity index is 1.81. The normalized spacial score (nSPS) is 20.1. The zero-order valence-electron chi connectivity index (χ0n) is 13.7. The van der Waals surface area contributed by atoms with Crippen molar-refractivity contribution in [3.8, 4) is 34.5 Å². The van der Waals surface area contributed by atoms with Crippen LogP contribution in [0.1, 0.15) is 23.1 Å². The third-order valence-electron chi connectivity index (χ3n) is 4.60. The number of hydrogen-bond donors (Lipinski definition) is 1. The van der Waals surface area contributed by atoms with Gasteiger partial charge in [0.25, 0.3) is 0 Å². The average Bonchev–Trinajstić information content (AvgIpc) is 3.00. The van der Waals surface area contributed by atoms with Crippen LogP contribution in [-0.4, -0.2) is 33.0 Å². The predicted octanol–water partition coefficient (Wildman–Crippen LogP) is 3.03. The second kappa shape index (κ2) is 5.40. The maximum atomic E-state index is 10.4. The fraction of sp³-hybridized carbons (Fsp3) is 0.333. The summed E-state index contributed by atoms with van der Waals surface area (Å²) >= 11 is 0. The standard InChI is InChI=1S/C18H18O6/c1-20-12-6-4-9-11-8-23-17-10(15(11)24-16(9)14(12)19)5-7-13(21-2)18(17)22-3/h4-7,11,15,19H,8H2,1-3H3/t11-,15-/m1/s1. The summed E-state index contributed by atoms with van der Waals surface area (Å²) in [6.45, 7) is 0.431. The van der Waals surface area contributed by atoms with Crippen LogP contribution >= 0.6 is 0 Å². The molecule has 24 heavy (non-hydrogen) atoms. The lowest BCUT2D eigenvalue weighted by Gasteiger charge is -2.29. The Morgan fingerprint density at radius 1 is 0.917 bits per heavy atom. The van der Waals surface area contributed by atoms with Gasteiger partial charge >= 0.3 is 0 Å². The van der Waals surface area contributed by atoms with Crippen LogP contribution in [0, 0.1) is 0 Å². The first-order chi connectivity index (χ1) is 11.7. The van der Waals surface area contributed by atoms with Crippen LogP contribution in [0.25, 0.3) is 0 Å². The molecule has 4 rings (SSSR count). The molecule has 0 aromatic heterocycles. The third kappa shape index (κ3) is 1.89. The van der Waals surface area contributed by atoms with E-state index in [1.165, 1.54) is 7.11 Å². The van der Waals surface area contributed by atoms with Crippen LogP contribution in [-0.2, 0) is 0 Å². The lowest BCUT2D eigenvalue weighted by molar-refractivity contribution is 0.132. The molecule has 0 spiro atoms. The fourth-order valence-electron chi connectivity index (χ4n) is 3.44. The molecule has 0 amide bonds. The van der Waals surface area contributed by atoms with Crippen molar-refractivity contribution in [1.29, 1.82) is 0 Å². The van der Waals surface area contributed by atoms with Crippen LogP contribution in [0.15, 0.2) is 24.3 Å². The molecular weight excluding hydrogens is 312 g/mol. The molecule has 126 valence electrons. The molecule has 6 heteroatoms. The van der Waals surface area contributed by atoms with Crippen LogP contribution < -0.4 is 23.7 Å². The van der Waals surface area contributed by atoms with E-state index in [4.69, 9.17) is 23.7 Å². The number of phenols is 1. The van der Waals surface area contributed by atoms with E-state index in [1.807, 2.05) is 18.2 Å². The van der Waals surface area contributed by atoms with E-state index in [-0.39, 0.29) is 17.8 Å². The molecule has 0 radical (unpaired) electrons. The monoisotopic (exact) mass is 330 g/mol. The van der Waals surface area contributed by atoms with Gasteiger partial charge in [0.2, 0.25) is 11.5 Å². The molecule has 2 aromatic carbocycles. The molecule has 0 saturated carbocycles. The topological polar surface area (TPSA) is 66.4 Å². The largest absolute Gasteiger partial charge is 0.502 e. The van der Waals surface area contributed by atoms with Crippen molar-refractivity contribution in [3.05, 3.63) is 35.4 Å². The average molecular weight is 330 g/mol. The molecule has 2 aliphatic heterocycles. The summed E-state index contributed by atoms with van der Waals surface area (Å²) in [5, 5.41) is 10.4. The Morgan fingerprint density at radius 2 is 1.62 bits per heavy atom. The minimum atomic E-state index is -0.249. The first kappa shape index (κ1) is 14.8. The maximum absolute atomic E-state index is 10.4. The molecule has 1 N–H and O–H groups in total. The molecule has 2 heterocycles. The van der Waals surface area contributed by atoms with Gasteiger partial charge < -0.3 is 28.8 Å². The van der Waals surface area contributed by atoms with Gasteiger partial charge in [0.1, 0.15) is 6.10 Å². The van der Waals surface area contributed by atoms with Crippen LogP contribution in [0.2, 0.25) is 0 Å². The minimum absolute atomic E-state index is 0.00223. The minimum Gasteiger partial charge on any atom is -0.502 e. The number of aromatic hydroxyl groups is 1. The number of benzene rings is 2. The van der Waals surface area contributed by atoms with E-state index in [2.05, 4.69) is 0 Å². The highest BCUT2D eigenvalue weighted by Gasteiger charge is 2.43. The van der Waals surface area contributed by atoms with Gasteiger partial charge in [0, 0.05) is 11.1 Å². The maximum Gasteiger partial charge on any atom is 0.203 e. The summed E-state index contributed by atoms with van der Waals surface area (Å²) in [5.41, 5.74) is 1.79. The Kier molecular flexibility index (Phi) is 3.33. The molecule has 0 aliphatic carbocycles. The van der Waals surface area contributed by atoms with Crippen molar-refractivity contribution in [2.45, 2.75) is 12.0 Å². The number of fused-ring (bicyclic) bond motifs is 5. The molecule has 0 fully saturated rings. The Labute approximate surface area is 139 Å². The number of rotatable bonds is 3. The lowest BCUT2D eigenvalue weighted by atomic mass is 9.89. The van der Waals surface area contributed by atoms with Gasteiger partial charge in [-0.25, -0.2) is 0 Å². The van der Waals surface area contributed by atoms with E-state index < -0.39 is 0 Å². The van der Waals surface area contributed by atoms with Crippen molar-refractivity contribution < 1.29 is 28.8 Å². The molecule has 0 unspecified atom stereocenters. The van der Waals surface area contributed by atoms with Gasteiger partial charge in [-0.1, -0.05) is 6.07 Å². The summed E-state index contributed by atoms with van der Waals surface area (Å²) in [5.74, 6) is 2.65. The van der Waals surface area contributed by atoms with Gasteiger partial charge in [-0.15, -0.1) is 0 Å². The van der Waals surface area contributed by atoms with Gasteiger partial charge in [0.05, 0.1) is 33.9 Å². The van der Waals surface area contributed by atoms with Gasteiger partial charge in [0.15, 0.2) is 23.0 Å². The Hall–Kier alpha value is -2.76. The van der Waals surface area contributed by atoms with Crippen molar-refractivity contribution in [3.63, 3.8) is 0 Å². The van der Waals surface area contributed by atoms with E-state index in [0.29, 0.717) is 35.4 Å². The molecule has 2 aromatic rings. The summed E-state index contributed by atoms with van der Waals surface area (Å²) in [6, 6.07) is 7.39. The SMILES string of the molecule is COc1ccc2c(c1O)O[C@@H]1c3ccc(OC)c(OC)c3OC[C@H]21. The highest BCUT2D eigenvalue weighted by atomic mass is 16.5. The number of ether oxygens (including phenoxy) is 5. The highest BCUT2D eigenvalue weighted by molar-refractivity contribution is 5.63. The Morgan fingerprint density at radius 3 is 2.33 bits per heavy atom. The number of phenolic OH excluding ortho intramolecular Hbond substituents is 1. The first-order valence-corrected chi connectivity index (χ1v) is 7.63. The van der Waals surface area contributed by atoms with E-state index in [1.54, 1.807) is 20.3 Å². The van der Waals surface area contributed by atoms with E-state index in [0.717, 1.165) is 11.1 Å². The van der Waals surface area contributed by atoms with Gasteiger partial charge in [-0.2, -0.15) is 0 Å². The van der Waals surface area contributed by atoms with Crippen molar-refractivity contribution >= 4 is 0 Å². The van der Waals surface area contributed by atoms with Crippen molar-refractivity contribution in [2.75, 3.05) is 27.9 Å². The summed E-state index contributed by atoms with van der Waals surface area (Å²) in [6.07, 6.45) is -0.249. The summed E-state index contributed by atoms with van der Waals surface area (Å²) in [4.78, 5) is 0. The third-order valence-corrected chi connectivity index (χ3v) is 4.60. The van der Waals surface area contributed by atoms with Gasteiger partial charge in [-0.05, 0) is 18.2 Å². The molecule has 0 bridgehead atoms. The first-order valence-electron chi connectivity index (χ1n) is 7.63. The zero-order chi connectivity index (χ0) is 16.8. The molecule has 2 atom stereocenters. The molecule has 6 nitrogen and oxygen atoms in total. The number of methoxy groups -OCH3 is 3. The number of hydrogen-bond acceptors (Lipinski definition) is 6. The van der Waals surface area contributed by atoms with Crippen LogP contribution in [0.5, 0.6) is 34.5 Å². The summed E-state index contributed by atoms with van der Waals surface area (Å²) in [7, 11) is 4.68. The predicted molar refractivity (Wildman–Crippen MR) is 85.8 cm³/mol. The molecule has 2 aliphatic rings. The zero-order valence-corrected chi connectivity index (χ0v) is 13.7. The van der Waals surface area contributed by atoms with E-state index >= 15 is 0 Å². The second-order valence-corrected chi connectivity index (χ2v) is 5.71. The smallest absolute Gasteiger partial charge is 0.203 e. The Bertz CT molecular complexity index is 801. The van der Waals surface area contributed by atoms with Crippen LogP contribution in [0.4, 0.5) is 0 Å². The quantitative estimate of drug-likeness (QED) is 0.933. The van der Waals surface area contributed by atoms with E-state index in [9.17, 15) is 5.11 Å². The highest BCUT2D eigenvalue weighted by Crippen LogP contribution is 2.57. The molecular formula is C18H18O6. The lowest BCUT2D eigenvalue weighted by Crippen LogP contribution is -2.23. The van der Waals surface area contributed by atoms with Crippen LogP contribution in [0.3, 0.4) is 0 Å². The summed E-state index contributed by atoms with van der Waals surface area (Å²) < 4.78 is 28.0. The van der Waals surface area contributed by atoms with Crippen molar-refractivity contribution in [1.82, 2.24) is 0 Å². The van der Waals surface area contributed by atoms with Crippen molar-refractivity contribution in [2.24, 2.45) is 0 Å². The molecule has 0 saturated heterocycles.